The first-order valence-corrected chi connectivity index (χ1v) is 12.6. The Labute approximate surface area is 207 Å². The third-order valence-electron chi connectivity index (χ3n) is 4.05. The molecule has 0 radical (unpaired) electrons. The van der Waals surface area contributed by atoms with Crippen LogP contribution in [-0.4, -0.2) is 44.0 Å². The zero-order valence-electron chi connectivity index (χ0n) is 17.8. The monoisotopic (exact) mass is 551 g/mol. The van der Waals surface area contributed by atoms with Crippen LogP contribution in [0.4, 0.5) is 5.13 Å². The number of amides is 1. The number of thiazole rings is 1. The summed E-state index contributed by atoms with van der Waals surface area (Å²) in [6.45, 7) is 6.56. The van der Waals surface area contributed by atoms with Crippen LogP contribution in [0.1, 0.15) is 18.4 Å². The molecule has 0 unspecified atom stereocenters. The standard InChI is InChI=1S/C21H22BrN5O4S2/c1-3-9-27-17(11-31-16-7-5-14(22)6-8-16)25-26-21(27)33-13-18(28)24-20-23-15(12-32-20)10-19(29)30-4-2/h3,5-8,12H,1,4,9-11,13H2,2H3,(H,23,24,28). The van der Waals surface area contributed by atoms with E-state index in [9.17, 15) is 9.59 Å². The van der Waals surface area contributed by atoms with Crippen molar-refractivity contribution in [2.24, 2.45) is 0 Å². The molecule has 0 aliphatic carbocycles. The summed E-state index contributed by atoms with van der Waals surface area (Å²) < 4.78 is 13.5. The summed E-state index contributed by atoms with van der Waals surface area (Å²) in [5, 5.41) is 13.9. The molecular formula is C21H22BrN5O4S2. The molecule has 3 aromatic rings. The van der Waals surface area contributed by atoms with Gasteiger partial charge in [0, 0.05) is 16.4 Å². The van der Waals surface area contributed by atoms with E-state index < -0.39 is 0 Å². The van der Waals surface area contributed by atoms with Crippen molar-refractivity contribution in [3.63, 3.8) is 0 Å². The third kappa shape index (κ3) is 7.69. The van der Waals surface area contributed by atoms with Crippen molar-refractivity contribution in [2.45, 2.75) is 31.7 Å². The Kier molecular flexibility index (Phi) is 9.46. The Balaban J connectivity index is 1.54. The second-order valence-corrected chi connectivity index (χ2v) is 9.22. The van der Waals surface area contributed by atoms with E-state index in [0.29, 0.717) is 40.7 Å². The molecule has 33 heavy (non-hydrogen) atoms. The highest BCUT2D eigenvalue weighted by molar-refractivity contribution is 9.10. The molecule has 0 aliphatic heterocycles. The molecule has 0 bridgehead atoms. The van der Waals surface area contributed by atoms with Crippen LogP contribution in [0.2, 0.25) is 0 Å². The number of carbonyl (C=O) groups excluding carboxylic acids is 2. The molecule has 0 atom stereocenters. The molecule has 0 fully saturated rings. The molecule has 1 aromatic carbocycles. The van der Waals surface area contributed by atoms with Gasteiger partial charge in [0.1, 0.15) is 12.4 Å². The summed E-state index contributed by atoms with van der Waals surface area (Å²) in [6.07, 6.45) is 1.81. The highest BCUT2D eigenvalue weighted by Crippen LogP contribution is 2.21. The molecule has 12 heteroatoms. The minimum atomic E-state index is -0.349. The van der Waals surface area contributed by atoms with Gasteiger partial charge in [0.25, 0.3) is 0 Å². The van der Waals surface area contributed by atoms with Crippen molar-refractivity contribution in [3.8, 4) is 5.75 Å². The van der Waals surface area contributed by atoms with Crippen molar-refractivity contribution in [1.82, 2.24) is 19.7 Å². The van der Waals surface area contributed by atoms with E-state index in [0.717, 1.165) is 4.47 Å². The second kappa shape index (κ2) is 12.5. The smallest absolute Gasteiger partial charge is 0.311 e. The van der Waals surface area contributed by atoms with Gasteiger partial charge < -0.3 is 14.8 Å². The fourth-order valence-electron chi connectivity index (χ4n) is 2.61. The number of carbonyl (C=O) groups is 2. The van der Waals surface area contributed by atoms with E-state index in [1.807, 2.05) is 28.8 Å². The maximum atomic E-state index is 12.4. The Bertz CT molecular complexity index is 1100. The largest absolute Gasteiger partial charge is 0.486 e. The molecule has 0 saturated carbocycles. The fourth-order valence-corrected chi connectivity index (χ4v) is 4.37. The lowest BCUT2D eigenvalue weighted by Crippen LogP contribution is -2.15. The van der Waals surface area contributed by atoms with E-state index in [1.165, 1.54) is 23.1 Å². The van der Waals surface area contributed by atoms with Crippen molar-refractivity contribution >= 4 is 56.0 Å². The van der Waals surface area contributed by atoms with Crippen molar-refractivity contribution < 1.29 is 19.1 Å². The van der Waals surface area contributed by atoms with E-state index in [2.05, 4.69) is 43.0 Å². The van der Waals surface area contributed by atoms with E-state index in [4.69, 9.17) is 9.47 Å². The molecule has 2 aromatic heterocycles. The number of ether oxygens (including phenoxy) is 2. The minimum Gasteiger partial charge on any atom is -0.486 e. The highest BCUT2D eigenvalue weighted by Gasteiger charge is 2.15. The molecule has 9 nitrogen and oxygen atoms in total. The fraction of sp³-hybridized carbons (Fsp3) is 0.286. The number of anilines is 1. The summed E-state index contributed by atoms with van der Waals surface area (Å²) in [5.74, 6) is 0.876. The average Bonchev–Trinajstić information content (AvgIpc) is 3.39. The SMILES string of the molecule is C=CCn1c(COc2ccc(Br)cc2)nnc1SCC(=O)Nc1nc(CC(=O)OCC)cs1. The lowest BCUT2D eigenvalue weighted by Gasteiger charge is -2.09. The molecule has 0 aliphatic rings. The first-order valence-electron chi connectivity index (χ1n) is 9.92. The number of esters is 1. The molecule has 3 rings (SSSR count). The summed E-state index contributed by atoms with van der Waals surface area (Å²) in [4.78, 5) is 28.2. The van der Waals surface area contributed by atoms with Gasteiger partial charge in [0.2, 0.25) is 5.91 Å². The van der Waals surface area contributed by atoms with Gasteiger partial charge in [-0.1, -0.05) is 33.8 Å². The predicted octanol–water partition coefficient (Wildman–Crippen LogP) is 4.10. The van der Waals surface area contributed by atoms with Crippen LogP contribution in [0.15, 0.2) is 51.9 Å². The molecular weight excluding hydrogens is 530 g/mol. The zero-order valence-corrected chi connectivity index (χ0v) is 21.0. The number of rotatable bonds is 12. The number of benzene rings is 1. The zero-order chi connectivity index (χ0) is 23.6. The quantitative estimate of drug-likeness (QED) is 0.203. The molecule has 174 valence electrons. The van der Waals surface area contributed by atoms with E-state index in [1.54, 1.807) is 18.4 Å². The first kappa shape index (κ1) is 24.9. The number of nitrogens with one attached hydrogen (secondary N) is 1. The normalized spacial score (nSPS) is 10.6. The Morgan fingerprint density at radius 3 is 2.82 bits per heavy atom. The molecule has 0 saturated heterocycles. The highest BCUT2D eigenvalue weighted by atomic mass is 79.9. The number of nitrogens with zero attached hydrogens (tertiary/aromatic N) is 4. The van der Waals surface area contributed by atoms with Crippen LogP contribution in [0.5, 0.6) is 5.75 Å². The summed E-state index contributed by atoms with van der Waals surface area (Å²) in [7, 11) is 0. The van der Waals surface area contributed by atoms with Gasteiger partial charge in [-0.3, -0.25) is 14.2 Å². The van der Waals surface area contributed by atoms with Crippen molar-refractivity contribution in [1.29, 1.82) is 0 Å². The van der Waals surface area contributed by atoms with Crippen LogP contribution < -0.4 is 10.1 Å². The van der Waals surface area contributed by atoms with Crippen LogP contribution in [-0.2, 0) is 33.9 Å². The topological polar surface area (TPSA) is 108 Å². The predicted molar refractivity (Wildman–Crippen MR) is 130 cm³/mol. The third-order valence-corrected chi connectivity index (χ3v) is 6.35. The Hall–Kier alpha value is -2.70. The second-order valence-electron chi connectivity index (χ2n) is 6.50. The van der Waals surface area contributed by atoms with Gasteiger partial charge in [-0.05, 0) is 31.2 Å². The van der Waals surface area contributed by atoms with Gasteiger partial charge in [0.15, 0.2) is 16.1 Å². The molecule has 0 spiro atoms. The minimum absolute atomic E-state index is 0.0741. The summed E-state index contributed by atoms with van der Waals surface area (Å²) in [5.41, 5.74) is 0.558. The van der Waals surface area contributed by atoms with Gasteiger partial charge in [-0.25, -0.2) is 4.98 Å². The average molecular weight is 552 g/mol. The van der Waals surface area contributed by atoms with Crippen LogP contribution in [0.25, 0.3) is 0 Å². The maximum Gasteiger partial charge on any atom is 0.311 e. The van der Waals surface area contributed by atoms with Crippen molar-refractivity contribution in [3.05, 3.63) is 58.3 Å². The number of hydrogen-bond donors (Lipinski definition) is 1. The van der Waals surface area contributed by atoms with Crippen LogP contribution >= 0.6 is 39.0 Å². The van der Waals surface area contributed by atoms with E-state index in [-0.39, 0.29) is 30.7 Å². The summed E-state index contributed by atoms with van der Waals surface area (Å²) >= 11 is 5.90. The lowest BCUT2D eigenvalue weighted by atomic mass is 10.3. The van der Waals surface area contributed by atoms with Crippen molar-refractivity contribution in [2.75, 3.05) is 17.7 Å². The Morgan fingerprint density at radius 1 is 1.30 bits per heavy atom. The van der Waals surface area contributed by atoms with Crippen LogP contribution in [0.3, 0.4) is 0 Å². The number of halogens is 1. The van der Waals surface area contributed by atoms with E-state index >= 15 is 0 Å². The number of hydrogen-bond acceptors (Lipinski definition) is 9. The molecule has 1 amide bonds. The van der Waals surface area contributed by atoms with Crippen LogP contribution in [0, 0.1) is 0 Å². The van der Waals surface area contributed by atoms with Gasteiger partial charge in [-0.15, -0.1) is 28.1 Å². The molecule has 1 N–H and O–H groups in total. The molecule has 2 heterocycles. The number of aromatic nitrogens is 4. The van der Waals surface area contributed by atoms with Gasteiger partial charge >= 0.3 is 5.97 Å². The van der Waals surface area contributed by atoms with Gasteiger partial charge in [-0.2, -0.15) is 0 Å². The summed E-state index contributed by atoms with van der Waals surface area (Å²) in [6, 6.07) is 7.50. The number of allylic oxidation sites excluding steroid dienone is 1. The first-order chi connectivity index (χ1) is 16.0. The maximum absolute atomic E-state index is 12.4. The Morgan fingerprint density at radius 2 is 2.09 bits per heavy atom. The lowest BCUT2D eigenvalue weighted by molar-refractivity contribution is -0.142. The number of thioether (sulfide) groups is 1. The van der Waals surface area contributed by atoms with Gasteiger partial charge in [0.05, 0.1) is 24.5 Å².